The molecule has 1 rings (SSSR count). The normalized spacial score (nSPS) is 10.1. The Kier molecular flexibility index (Phi) is 6.36. The fourth-order valence-corrected chi connectivity index (χ4v) is 1.70. The van der Waals surface area contributed by atoms with E-state index in [1.807, 2.05) is 6.92 Å². The molecule has 6 heteroatoms. The van der Waals surface area contributed by atoms with Crippen LogP contribution in [-0.2, 0) is 14.3 Å². The van der Waals surface area contributed by atoms with Gasteiger partial charge in [-0.05, 0) is 18.6 Å². The van der Waals surface area contributed by atoms with Crippen LogP contribution in [0, 0.1) is 0 Å². The highest BCUT2D eigenvalue weighted by molar-refractivity contribution is 5.83. The van der Waals surface area contributed by atoms with Gasteiger partial charge in [0.15, 0.2) is 0 Å². The monoisotopic (exact) mass is 280 g/mol. The third-order valence-electron chi connectivity index (χ3n) is 2.68. The zero-order valence-corrected chi connectivity index (χ0v) is 11.5. The molecular weight excluding hydrogens is 260 g/mol. The first-order valence-electron chi connectivity index (χ1n) is 6.51. The number of esters is 1. The van der Waals surface area contributed by atoms with Crippen molar-refractivity contribution < 1.29 is 19.4 Å². The summed E-state index contributed by atoms with van der Waals surface area (Å²) in [5.74, 6) is -1.49. The number of rotatable bonds is 8. The molecule has 1 aromatic carbocycles. The first kappa shape index (κ1) is 15.8. The average Bonchev–Trinajstić information content (AvgIpc) is 2.38. The van der Waals surface area contributed by atoms with E-state index in [0.717, 1.165) is 12.8 Å². The van der Waals surface area contributed by atoms with E-state index in [-0.39, 0.29) is 13.1 Å². The molecule has 0 atom stereocenters. The lowest BCUT2D eigenvalue weighted by Gasteiger charge is -2.23. The number of nitrogens with zero attached hydrogens (tertiary/aromatic N) is 1. The molecule has 0 saturated carbocycles. The molecule has 3 N–H and O–H groups in total. The number of nitrogen functional groups attached to an aromatic ring is 1. The third kappa shape index (κ3) is 5.17. The Morgan fingerprint density at radius 2 is 2.00 bits per heavy atom. The Balaban J connectivity index is 2.72. The van der Waals surface area contributed by atoms with Gasteiger partial charge in [0.25, 0.3) is 0 Å². The number of hydrogen-bond acceptors (Lipinski definition) is 5. The molecule has 6 nitrogen and oxygen atoms in total. The maximum atomic E-state index is 11.7. The molecule has 0 saturated heterocycles. The largest absolute Gasteiger partial charge is 0.480 e. The van der Waals surface area contributed by atoms with E-state index in [9.17, 15) is 9.59 Å². The second-order valence-corrected chi connectivity index (χ2v) is 4.38. The maximum Gasteiger partial charge on any atom is 0.325 e. The number of para-hydroxylation sites is 2. The molecule has 0 heterocycles. The number of benzene rings is 1. The van der Waals surface area contributed by atoms with E-state index in [0.29, 0.717) is 18.0 Å². The van der Waals surface area contributed by atoms with Gasteiger partial charge in [-0.3, -0.25) is 9.59 Å². The van der Waals surface area contributed by atoms with E-state index < -0.39 is 11.9 Å². The van der Waals surface area contributed by atoms with Crippen molar-refractivity contribution in [2.75, 3.05) is 30.3 Å². The number of carboxylic acid groups (broad SMARTS) is 1. The van der Waals surface area contributed by atoms with Gasteiger partial charge in [-0.2, -0.15) is 0 Å². The Labute approximate surface area is 118 Å². The number of anilines is 2. The molecule has 0 aliphatic carbocycles. The van der Waals surface area contributed by atoms with Crippen LogP contribution in [0.2, 0.25) is 0 Å². The summed E-state index contributed by atoms with van der Waals surface area (Å²) in [5, 5.41) is 8.93. The highest BCUT2D eigenvalue weighted by atomic mass is 16.5. The van der Waals surface area contributed by atoms with Crippen LogP contribution in [-0.4, -0.2) is 36.7 Å². The number of unbranched alkanes of at least 4 members (excludes halogenated alkanes) is 1. The molecular formula is C14H20N2O4. The highest BCUT2D eigenvalue weighted by Crippen LogP contribution is 2.22. The molecule has 0 aromatic heterocycles. The molecule has 0 amide bonds. The van der Waals surface area contributed by atoms with Crippen molar-refractivity contribution in [2.24, 2.45) is 0 Å². The third-order valence-corrected chi connectivity index (χ3v) is 2.68. The van der Waals surface area contributed by atoms with Gasteiger partial charge in [0.2, 0.25) is 0 Å². The van der Waals surface area contributed by atoms with Crippen molar-refractivity contribution in [3.63, 3.8) is 0 Å². The van der Waals surface area contributed by atoms with E-state index in [1.165, 1.54) is 4.90 Å². The molecule has 0 bridgehead atoms. The molecule has 20 heavy (non-hydrogen) atoms. The number of carbonyl (C=O) groups excluding carboxylic acids is 1. The summed E-state index contributed by atoms with van der Waals surface area (Å²) in [7, 11) is 0. The van der Waals surface area contributed by atoms with Crippen LogP contribution in [0.4, 0.5) is 11.4 Å². The van der Waals surface area contributed by atoms with Crippen LogP contribution in [0.5, 0.6) is 0 Å². The number of hydrogen-bond donors (Lipinski definition) is 2. The van der Waals surface area contributed by atoms with E-state index in [1.54, 1.807) is 24.3 Å². The maximum absolute atomic E-state index is 11.7. The summed E-state index contributed by atoms with van der Waals surface area (Å²) in [6.07, 6.45) is 1.72. The van der Waals surface area contributed by atoms with Gasteiger partial charge < -0.3 is 20.5 Å². The highest BCUT2D eigenvalue weighted by Gasteiger charge is 2.17. The molecule has 0 spiro atoms. The smallest absolute Gasteiger partial charge is 0.325 e. The molecule has 0 fully saturated rings. The topological polar surface area (TPSA) is 92.9 Å². The van der Waals surface area contributed by atoms with Crippen molar-refractivity contribution in [2.45, 2.75) is 19.8 Å². The molecule has 0 unspecified atom stereocenters. The van der Waals surface area contributed by atoms with Crippen LogP contribution < -0.4 is 10.6 Å². The molecule has 1 aromatic rings. The van der Waals surface area contributed by atoms with Gasteiger partial charge in [-0.1, -0.05) is 25.5 Å². The zero-order valence-electron chi connectivity index (χ0n) is 11.5. The summed E-state index contributed by atoms with van der Waals surface area (Å²) in [4.78, 5) is 24.0. The van der Waals surface area contributed by atoms with Crippen molar-refractivity contribution in [3.05, 3.63) is 24.3 Å². The van der Waals surface area contributed by atoms with Crippen molar-refractivity contribution in [3.8, 4) is 0 Å². The summed E-state index contributed by atoms with van der Waals surface area (Å²) >= 11 is 0. The zero-order chi connectivity index (χ0) is 15.0. The van der Waals surface area contributed by atoms with Gasteiger partial charge in [-0.15, -0.1) is 0 Å². The number of nitrogens with two attached hydrogens (primary N) is 1. The van der Waals surface area contributed by atoms with E-state index in [2.05, 4.69) is 0 Å². The number of ether oxygens (including phenoxy) is 1. The minimum absolute atomic E-state index is 0.135. The predicted molar refractivity (Wildman–Crippen MR) is 76.6 cm³/mol. The lowest BCUT2D eigenvalue weighted by Crippen LogP contribution is -2.35. The summed E-state index contributed by atoms with van der Waals surface area (Å²) < 4.78 is 5.04. The Morgan fingerprint density at radius 3 is 2.60 bits per heavy atom. The molecule has 0 aliphatic heterocycles. The van der Waals surface area contributed by atoms with Gasteiger partial charge in [-0.25, -0.2) is 0 Å². The summed E-state index contributed by atoms with van der Waals surface area (Å²) in [6, 6.07) is 6.82. The second-order valence-electron chi connectivity index (χ2n) is 4.38. The number of aliphatic carboxylic acids is 1. The Bertz CT molecular complexity index is 462. The van der Waals surface area contributed by atoms with Gasteiger partial charge in [0.05, 0.1) is 18.0 Å². The van der Waals surface area contributed by atoms with Crippen LogP contribution >= 0.6 is 0 Å². The van der Waals surface area contributed by atoms with Crippen molar-refractivity contribution in [1.29, 1.82) is 0 Å². The first-order chi connectivity index (χ1) is 9.54. The molecule has 0 radical (unpaired) electrons. The van der Waals surface area contributed by atoms with Crippen LogP contribution in [0.25, 0.3) is 0 Å². The van der Waals surface area contributed by atoms with Crippen molar-refractivity contribution >= 4 is 23.3 Å². The Hall–Kier alpha value is -2.24. The quantitative estimate of drug-likeness (QED) is 0.426. The predicted octanol–water partition coefficient (Wildman–Crippen LogP) is 1.50. The summed E-state index contributed by atoms with van der Waals surface area (Å²) in [6.45, 7) is 1.90. The number of carboxylic acids is 1. The second kappa shape index (κ2) is 8.04. The molecule has 110 valence electrons. The standard InChI is InChI=1S/C14H20N2O4/c1-2-3-8-20-14(19)10-16(9-13(17)18)12-7-5-4-6-11(12)15/h4-7H,2-3,8-10,15H2,1H3,(H,17,18). The lowest BCUT2D eigenvalue weighted by atomic mass is 10.2. The SMILES string of the molecule is CCCCOC(=O)CN(CC(=O)O)c1ccccc1N. The number of carbonyl (C=O) groups is 2. The van der Waals surface area contributed by atoms with Crippen LogP contribution in [0.3, 0.4) is 0 Å². The van der Waals surface area contributed by atoms with E-state index in [4.69, 9.17) is 15.6 Å². The van der Waals surface area contributed by atoms with Crippen LogP contribution in [0.15, 0.2) is 24.3 Å². The van der Waals surface area contributed by atoms with Gasteiger partial charge in [0, 0.05) is 0 Å². The van der Waals surface area contributed by atoms with Crippen molar-refractivity contribution in [1.82, 2.24) is 0 Å². The average molecular weight is 280 g/mol. The Morgan fingerprint density at radius 1 is 1.30 bits per heavy atom. The fraction of sp³-hybridized carbons (Fsp3) is 0.429. The minimum Gasteiger partial charge on any atom is -0.480 e. The van der Waals surface area contributed by atoms with Crippen LogP contribution in [0.1, 0.15) is 19.8 Å². The summed E-state index contributed by atoms with van der Waals surface area (Å²) in [5.41, 5.74) is 6.75. The first-order valence-corrected chi connectivity index (χ1v) is 6.51. The molecule has 0 aliphatic rings. The minimum atomic E-state index is -1.03. The van der Waals surface area contributed by atoms with Gasteiger partial charge in [0.1, 0.15) is 13.1 Å². The fourth-order valence-electron chi connectivity index (χ4n) is 1.70. The van der Waals surface area contributed by atoms with Gasteiger partial charge >= 0.3 is 11.9 Å². The van der Waals surface area contributed by atoms with E-state index >= 15 is 0 Å². The lowest BCUT2D eigenvalue weighted by molar-refractivity contribution is -0.142.